The fraction of sp³-hybridized carbons (Fsp3) is 0.556. The van der Waals surface area contributed by atoms with Crippen molar-refractivity contribution in [1.82, 2.24) is 19.9 Å². The zero-order valence-corrected chi connectivity index (χ0v) is 14.5. The third-order valence-corrected chi connectivity index (χ3v) is 5.50. The summed E-state index contributed by atoms with van der Waals surface area (Å²) < 4.78 is 2.01. The van der Waals surface area contributed by atoms with E-state index in [4.69, 9.17) is 11.6 Å². The van der Waals surface area contributed by atoms with Gasteiger partial charge in [0, 0.05) is 37.3 Å². The molecule has 1 saturated heterocycles. The standard InChI is InChI=1S/C18H23ClN4O/c19-14-2-3-17-13(11-14)1-4-18(17)23-12-15(20-21-23)5-8-22-9-6-16(24)7-10-22/h2-3,11-12,16,18,24H,1,4-10H2. The number of rotatable bonds is 4. The van der Waals surface area contributed by atoms with E-state index in [0.717, 1.165) is 62.5 Å². The molecule has 1 fully saturated rings. The van der Waals surface area contributed by atoms with Crippen LogP contribution >= 0.6 is 11.6 Å². The highest BCUT2D eigenvalue weighted by atomic mass is 35.5. The van der Waals surface area contributed by atoms with Crippen LogP contribution in [0.2, 0.25) is 5.02 Å². The molecule has 0 radical (unpaired) electrons. The van der Waals surface area contributed by atoms with Crippen molar-refractivity contribution in [3.05, 3.63) is 46.2 Å². The number of aliphatic hydroxyl groups is 1. The third kappa shape index (κ3) is 3.34. The zero-order valence-electron chi connectivity index (χ0n) is 13.7. The molecule has 1 aromatic heterocycles. The van der Waals surface area contributed by atoms with E-state index in [0.29, 0.717) is 0 Å². The van der Waals surface area contributed by atoms with Crippen LogP contribution in [0, 0.1) is 0 Å². The van der Waals surface area contributed by atoms with Gasteiger partial charge in [-0.15, -0.1) is 5.10 Å². The average molecular weight is 347 g/mol. The van der Waals surface area contributed by atoms with E-state index >= 15 is 0 Å². The van der Waals surface area contributed by atoms with Gasteiger partial charge < -0.3 is 10.0 Å². The lowest BCUT2D eigenvalue weighted by molar-refractivity contribution is 0.0831. The van der Waals surface area contributed by atoms with E-state index in [-0.39, 0.29) is 12.1 Å². The molecule has 1 aliphatic heterocycles. The van der Waals surface area contributed by atoms with Crippen molar-refractivity contribution in [2.45, 2.75) is 44.2 Å². The van der Waals surface area contributed by atoms with Crippen LogP contribution in [-0.4, -0.2) is 50.7 Å². The third-order valence-electron chi connectivity index (χ3n) is 5.27. The summed E-state index contributed by atoms with van der Waals surface area (Å²) in [6.07, 6.45) is 6.76. The maximum absolute atomic E-state index is 9.57. The Morgan fingerprint density at radius 3 is 2.88 bits per heavy atom. The van der Waals surface area contributed by atoms with Crippen molar-refractivity contribution in [3.8, 4) is 0 Å². The van der Waals surface area contributed by atoms with E-state index in [2.05, 4.69) is 33.5 Å². The van der Waals surface area contributed by atoms with Gasteiger partial charge in [-0.25, -0.2) is 4.68 Å². The van der Waals surface area contributed by atoms with Gasteiger partial charge in [-0.1, -0.05) is 22.9 Å². The number of aliphatic hydroxyl groups excluding tert-OH is 1. The van der Waals surface area contributed by atoms with Crippen LogP contribution in [0.5, 0.6) is 0 Å². The molecule has 0 bridgehead atoms. The number of benzene rings is 1. The van der Waals surface area contributed by atoms with Crippen LogP contribution in [0.15, 0.2) is 24.4 Å². The molecular formula is C18H23ClN4O. The molecule has 6 heteroatoms. The number of likely N-dealkylation sites (tertiary alicyclic amines) is 1. The Morgan fingerprint density at radius 2 is 2.04 bits per heavy atom. The largest absolute Gasteiger partial charge is 0.393 e. The van der Waals surface area contributed by atoms with Gasteiger partial charge in [0.25, 0.3) is 0 Å². The van der Waals surface area contributed by atoms with E-state index in [1.807, 2.05) is 10.7 Å². The van der Waals surface area contributed by atoms with Crippen LogP contribution in [0.4, 0.5) is 0 Å². The van der Waals surface area contributed by atoms with Crippen LogP contribution in [-0.2, 0) is 12.8 Å². The Morgan fingerprint density at radius 1 is 1.21 bits per heavy atom. The van der Waals surface area contributed by atoms with Gasteiger partial charge in [-0.3, -0.25) is 0 Å². The molecule has 0 amide bonds. The van der Waals surface area contributed by atoms with Crippen molar-refractivity contribution >= 4 is 11.6 Å². The second-order valence-electron chi connectivity index (χ2n) is 6.91. The minimum absolute atomic E-state index is 0.113. The highest BCUT2D eigenvalue weighted by molar-refractivity contribution is 6.30. The molecule has 128 valence electrons. The molecule has 4 rings (SSSR count). The molecule has 1 N–H and O–H groups in total. The Labute approximate surface area is 147 Å². The molecule has 1 aromatic carbocycles. The van der Waals surface area contributed by atoms with Crippen molar-refractivity contribution in [3.63, 3.8) is 0 Å². The lowest BCUT2D eigenvalue weighted by atomic mass is 10.1. The molecular weight excluding hydrogens is 324 g/mol. The average Bonchev–Trinajstić information content (AvgIpc) is 3.20. The van der Waals surface area contributed by atoms with E-state index in [1.165, 1.54) is 11.1 Å². The smallest absolute Gasteiger partial charge is 0.0840 e. The van der Waals surface area contributed by atoms with E-state index in [9.17, 15) is 5.11 Å². The fourth-order valence-electron chi connectivity index (χ4n) is 3.83. The SMILES string of the molecule is OC1CCN(CCc2cn(C3CCc4cc(Cl)ccc43)nn2)CC1. The van der Waals surface area contributed by atoms with Gasteiger partial charge in [0.05, 0.1) is 17.8 Å². The Bertz CT molecular complexity index is 709. The van der Waals surface area contributed by atoms with Crippen LogP contribution in [0.3, 0.4) is 0 Å². The maximum Gasteiger partial charge on any atom is 0.0840 e. The van der Waals surface area contributed by atoms with Gasteiger partial charge in [0.2, 0.25) is 0 Å². The first-order chi connectivity index (χ1) is 11.7. The highest BCUT2D eigenvalue weighted by Crippen LogP contribution is 2.35. The summed E-state index contributed by atoms with van der Waals surface area (Å²) in [6.45, 7) is 2.94. The minimum Gasteiger partial charge on any atom is -0.393 e. The summed E-state index contributed by atoms with van der Waals surface area (Å²) in [5.74, 6) is 0. The summed E-state index contributed by atoms with van der Waals surface area (Å²) >= 11 is 6.09. The number of aryl methyl sites for hydroxylation is 1. The molecule has 24 heavy (non-hydrogen) atoms. The molecule has 0 spiro atoms. The molecule has 1 atom stereocenters. The van der Waals surface area contributed by atoms with Crippen molar-refractivity contribution < 1.29 is 5.11 Å². The minimum atomic E-state index is -0.113. The summed E-state index contributed by atoms with van der Waals surface area (Å²) in [7, 11) is 0. The Hall–Kier alpha value is -1.43. The van der Waals surface area contributed by atoms with Gasteiger partial charge in [-0.05, 0) is 48.9 Å². The van der Waals surface area contributed by atoms with Gasteiger partial charge in [0.1, 0.15) is 0 Å². The van der Waals surface area contributed by atoms with Gasteiger partial charge in [-0.2, -0.15) is 0 Å². The molecule has 1 aliphatic carbocycles. The predicted molar refractivity (Wildman–Crippen MR) is 93.3 cm³/mol. The number of piperidine rings is 1. The quantitative estimate of drug-likeness (QED) is 0.924. The molecule has 2 heterocycles. The Kier molecular flexibility index (Phi) is 4.57. The first-order valence-corrected chi connectivity index (χ1v) is 9.16. The molecule has 1 unspecified atom stereocenters. The second kappa shape index (κ2) is 6.82. The number of halogens is 1. The summed E-state index contributed by atoms with van der Waals surface area (Å²) in [6, 6.07) is 6.43. The first-order valence-electron chi connectivity index (χ1n) is 8.78. The molecule has 5 nitrogen and oxygen atoms in total. The molecule has 2 aliphatic rings. The van der Waals surface area contributed by atoms with Crippen molar-refractivity contribution in [1.29, 1.82) is 0 Å². The lowest BCUT2D eigenvalue weighted by Crippen LogP contribution is -2.37. The second-order valence-corrected chi connectivity index (χ2v) is 7.35. The lowest BCUT2D eigenvalue weighted by Gasteiger charge is -2.29. The Balaban J connectivity index is 1.39. The number of hydrogen-bond acceptors (Lipinski definition) is 4. The molecule has 0 saturated carbocycles. The number of aromatic nitrogens is 3. The topological polar surface area (TPSA) is 54.2 Å². The fourth-order valence-corrected chi connectivity index (χ4v) is 4.03. The number of nitrogens with zero attached hydrogens (tertiary/aromatic N) is 4. The maximum atomic E-state index is 9.57. The van der Waals surface area contributed by atoms with Crippen molar-refractivity contribution in [2.75, 3.05) is 19.6 Å². The number of hydrogen-bond donors (Lipinski definition) is 1. The normalized spacial score (nSPS) is 22.0. The van der Waals surface area contributed by atoms with Crippen LogP contribution < -0.4 is 0 Å². The van der Waals surface area contributed by atoms with Gasteiger partial charge in [0.15, 0.2) is 0 Å². The zero-order chi connectivity index (χ0) is 16.5. The van der Waals surface area contributed by atoms with E-state index < -0.39 is 0 Å². The van der Waals surface area contributed by atoms with Gasteiger partial charge >= 0.3 is 0 Å². The van der Waals surface area contributed by atoms with E-state index in [1.54, 1.807) is 0 Å². The predicted octanol–water partition coefficient (Wildman–Crippen LogP) is 2.47. The number of fused-ring (bicyclic) bond motifs is 1. The molecule has 2 aromatic rings. The van der Waals surface area contributed by atoms with Crippen LogP contribution in [0.1, 0.15) is 42.1 Å². The van der Waals surface area contributed by atoms with Crippen LogP contribution in [0.25, 0.3) is 0 Å². The monoisotopic (exact) mass is 346 g/mol. The first kappa shape index (κ1) is 16.1. The summed E-state index contributed by atoms with van der Waals surface area (Å²) in [5.41, 5.74) is 3.70. The summed E-state index contributed by atoms with van der Waals surface area (Å²) in [5, 5.41) is 19.1. The highest BCUT2D eigenvalue weighted by Gasteiger charge is 2.25. The van der Waals surface area contributed by atoms with Crippen molar-refractivity contribution in [2.24, 2.45) is 0 Å². The summed E-state index contributed by atoms with van der Waals surface area (Å²) in [4.78, 5) is 2.40.